The number of pyridine rings is 1. The van der Waals surface area contributed by atoms with Crippen LogP contribution < -0.4 is 4.74 Å². The van der Waals surface area contributed by atoms with Crippen LogP contribution in [0.1, 0.15) is 0 Å². The highest BCUT2D eigenvalue weighted by molar-refractivity contribution is 9.11. The van der Waals surface area contributed by atoms with Crippen molar-refractivity contribution in [2.45, 2.75) is 0 Å². The third-order valence-electron chi connectivity index (χ3n) is 1.80. The van der Waals surface area contributed by atoms with Crippen molar-refractivity contribution in [3.63, 3.8) is 0 Å². The average Bonchev–Trinajstić information content (AvgIpc) is 2.22. The van der Waals surface area contributed by atoms with Gasteiger partial charge in [-0.15, -0.1) is 0 Å². The lowest BCUT2D eigenvalue weighted by Crippen LogP contribution is -1.90. The van der Waals surface area contributed by atoms with E-state index >= 15 is 0 Å². The van der Waals surface area contributed by atoms with Crippen LogP contribution in [0.2, 0.25) is 0 Å². The van der Waals surface area contributed by atoms with Crippen LogP contribution in [0.3, 0.4) is 0 Å². The average molecular weight is 347 g/mol. The molecule has 0 spiro atoms. The molecule has 16 heavy (non-hydrogen) atoms. The van der Waals surface area contributed by atoms with Crippen molar-refractivity contribution >= 4 is 31.9 Å². The zero-order valence-corrected chi connectivity index (χ0v) is 11.1. The number of hydrogen-bond donors (Lipinski definition) is 0. The van der Waals surface area contributed by atoms with Gasteiger partial charge in [-0.25, -0.2) is 0 Å². The molecule has 5 heteroatoms. The Morgan fingerprint density at radius 1 is 1.12 bits per heavy atom. The van der Waals surface area contributed by atoms with E-state index in [2.05, 4.69) is 36.8 Å². The zero-order chi connectivity index (χ0) is 11.5. The molecule has 0 amide bonds. The molecule has 0 fully saturated rings. The second kappa shape index (κ2) is 4.93. The van der Waals surface area contributed by atoms with Crippen molar-refractivity contribution < 1.29 is 9.13 Å². The predicted octanol–water partition coefficient (Wildman–Crippen LogP) is 4.54. The smallest absolute Gasteiger partial charge is 0.221 e. The fourth-order valence-corrected chi connectivity index (χ4v) is 2.25. The summed E-state index contributed by atoms with van der Waals surface area (Å²) in [6.07, 6.45) is 0. The summed E-state index contributed by atoms with van der Waals surface area (Å²) >= 11 is 6.68. The van der Waals surface area contributed by atoms with Gasteiger partial charge in [0.05, 0.1) is 4.47 Å². The molecule has 0 N–H and O–H groups in total. The monoisotopic (exact) mass is 345 g/mol. The minimum absolute atomic E-state index is 0.225. The van der Waals surface area contributed by atoms with Crippen LogP contribution in [0.5, 0.6) is 11.6 Å². The maximum atomic E-state index is 12.8. The Hall–Kier alpha value is -0.940. The lowest BCUT2D eigenvalue weighted by atomic mass is 10.3. The second-order valence-electron chi connectivity index (χ2n) is 2.98. The Bertz CT molecular complexity index is 519. The maximum Gasteiger partial charge on any atom is 0.221 e. The highest BCUT2D eigenvalue weighted by Crippen LogP contribution is 2.31. The van der Waals surface area contributed by atoms with Crippen molar-refractivity contribution in [1.29, 1.82) is 0 Å². The standard InChI is InChI=1S/C11H6Br2FNO/c12-7-4-5-9(8(13)6-7)16-11-3-1-2-10(14)15-11/h1-6H. The molecule has 0 saturated heterocycles. The molecule has 2 aromatic rings. The number of ether oxygens (including phenoxy) is 1. The summed E-state index contributed by atoms with van der Waals surface area (Å²) in [4.78, 5) is 3.61. The van der Waals surface area contributed by atoms with Gasteiger partial charge in [0, 0.05) is 10.5 Å². The van der Waals surface area contributed by atoms with Crippen molar-refractivity contribution in [1.82, 2.24) is 4.98 Å². The molecule has 1 aromatic heterocycles. The third-order valence-corrected chi connectivity index (χ3v) is 2.91. The van der Waals surface area contributed by atoms with E-state index in [1.807, 2.05) is 12.1 Å². The minimum atomic E-state index is -0.564. The number of benzene rings is 1. The topological polar surface area (TPSA) is 22.1 Å². The summed E-state index contributed by atoms with van der Waals surface area (Å²) in [5, 5.41) is 0. The molecule has 0 aliphatic heterocycles. The van der Waals surface area contributed by atoms with Crippen LogP contribution in [-0.4, -0.2) is 4.98 Å². The summed E-state index contributed by atoms with van der Waals surface area (Å²) in [5.41, 5.74) is 0. The summed E-state index contributed by atoms with van der Waals surface area (Å²) in [5.74, 6) is 0.245. The molecule has 0 radical (unpaired) electrons. The van der Waals surface area contributed by atoms with Gasteiger partial charge in [-0.05, 0) is 40.2 Å². The van der Waals surface area contributed by atoms with Crippen molar-refractivity contribution in [3.05, 3.63) is 51.3 Å². The van der Waals surface area contributed by atoms with Crippen LogP contribution >= 0.6 is 31.9 Å². The first-order valence-electron chi connectivity index (χ1n) is 4.40. The molecule has 0 aliphatic rings. The zero-order valence-electron chi connectivity index (χ0n) is 7.95. The maximum absolute atomic E-state index is 12.8. The van der Waals surface area contributed by atoms with Crippen molar-refractivity contribution in [2.75, 3.05) is 0 Å². The Kier molecular flexibility index (Phi) is 3.56. The molecule has 1 heterocycles. The summed E-state index contributed by atoms with van der Waals surface area (Å²) < 4.78 is 20.0. The van der Waals surface area contributed by atoms with Gasteiger partial charge in [0.15, 0.2) is 0 Å². The number of nitrogens with zero attached hydrogens (tertiary/aromatic N) is 1. The molecule has 82 valence electrons. The first kappa shape index (κ1) is 11.5. The lowest BCUT2D eigenvalue weighted by Gasteiger charge is -2.06. The number of aromatic nitrogens is 1. The van der Waals surface area contributed by atoms with Gasteiger partial charge < -0.3 is 4.74 Å². The van der Waals surface area contributed by atoms with E-state index in [0.29, 0.717) is 5.75 Å². The molecule has 2 rings (SSSR count). The van der Waals surface area contributed by atoms with Gasteiger partial charge in [-0.3, -0.25) is 0 Å². The first-order chi connectivity index (χ1) is 7.65. The van der Waals surface area contributed by atoms with E-state index in [9.17, 15) is 4.39 Å². The van der Waals surface area contributed by atoms with Gasteiger partial charge in [0.2, 0.25) is 11.8 Å². The third kappa shape index (κ3) is 2.80. The fourth-order valence-electron chi connectivity index (χ4n) is 1.12. The van der Waals surface area contributed by atoms with Crippen LogP contribution in [0.25, 0.3) is 0 Å². The summed E-state index contributed by atoms with van der Waals surface area (Å²) in [6, 6.07) is 9.85. The highest BCUT2D eigenvalue weighted by atomic mass is 79.9. The van der Waals surface area contributed by atoms with E-state index in [1.165, 1.54) is 6.07 Å². The van der Waals surface area contributed by atoms with Gasteiger partial charge in [0.25, 0.3) is 0 Å². The van der Waals surface area contributed by atoms with Crippen LogP contribution in [0.15, 0.2) is 45.3 Å². The van der Waals surface area contributed by atoms with Crippen LogP contribution in [-0.2, 0) is 0 Å². The quantitative estimate of drug-likeness (QED) is 0.745. The number of hydrogen-bond acceptors (Lipinski definition) is 2. The van der Waals surface area contributed by atoms with Crippen molar-refractivity contribution in [3.8, 4) is 11.6 Å². The fraction of sp³-hybridized carbons (Fsp3) is 0. The largest absolute Gasteiger partial charge is 0.438 e. The normalized spacial score (nSPS) is 10.2. The molecule has 0 aliphatic carbocycles. The Morgan fingerprint density at radius 2 is 1.94 bits per heavy atom. The van der Waals surface area contributed by atoms with Gasteiger partial charge >= 0.3 is 0 Å². The van der Waals surface area contributed by atoms with Gasteiger partial charge in [-0.2, -0.15) is 9.37 Å². The molecule has 0 saturated carbocycles. The van der Waals surface area contributed by atoms with E-state index < -0.39 is 5.95 Å². The van der Waals surface area contributed by atoms with Crippen LogP contribution in [0.4, 0.5) is 4.39 Å². The first-order valence-corrected chi connectivity index (χ1v) is 5.99. The van der Waals surface area contributed by atoms with E-state index in [1.54, 1.807) is 18.2 Å². The summed E-state index contributed by atoms with van der Waals surface area (Å²) in [7, 11) is 0. The number of rotatable bonds is 2. The molecule has 0 bridgehead atoms. The molecule has 2 nitrogen and oxygen atoms in total. The molecule has 0 atom stereocenters. The van der Waals surface area contributed by atoms with E-state index in [0.717, 1.165) is 8.95 Å². The highest BCUT2D eigenvalue weighted by Gasteiger charge is 2.04. The van der Waals surface area contributed by atoms with Crippen molar-refractivity contribution in [2.24, 2.45) is 0 Å². The molecular weight excluding hydrogens is 341 g/mol. The SMILES string of the molecule is Fc1cccc(Oc2ccc(Br)cc2Br)n1. The lowest BCUT2D eigenvalue weighted by molar-refractivity contribution is 0.443. The molecule has 1 aromatic carbocycles. The summed E-state index contributed by atoms with van der Waals surface area (Å²) in [6.45, 7) is 0. The van der Waals surface area contributed by atoms with E-state index in [-0.39, 0.29) is 5.88 Å². The Balaban J connectivity index is 2.27. The molecular formula is C11H6Br2FNO. The minimum Gasteiger partial charge on any atom is -0.438 e. The Morgan fingerprint density at radius 3 is 2.62 bits per heavy atom. The van der Waals surface area contributed by atoms with E-state index in [4.69, 9.17) is 4.74 Å². The van der Waals surface area contributed by atoms with Crippen LogP contribution in [0, 0.1) is 5.95 Å². The predicted molar refractivity (Wildman–Crippen MR) is 66.1 cm³/mol. The van der Waals surface area contributed by atoms with Gasteiger partial charge in [0.1, 0.15) is 5.75 Å². The number of halogens is 3. The Labute approximate surface area is 109 Å². The van der Waals surface area contributed by atoms with Gasteiger partial charge in [-0.1, -0.05) is 22.0 Å². The second-order valence-corrected chi connectivity index (χ2v) is 4.75. The molecule has 0 unspecified atom stereocenters.